The molecule has 4 rings (SSSR count). The summed E-state index contributed by atoms with van der Waals surface area (Å²) < 4.78 is 48.5. The van der Waals surface area contributed by atoms with Crippen LogP contribution in [0.25, 0.3) is 0 Å². The van der Waals surface area contributed by atoms with E-state index in [-0.39, 0.29) is 12.3 Å². The molecule has 0 bridgehead atoms. The van der Waals surface area contributed by atoms with Gasteiger partial charge in [0.25, 0.3) is 0 Å². The molecular formula is C23H30F3NO3. The maximum absolute atomic E-state index is 12.4. The molecular weight excluding hydrogens is 395 g/mol. The third kappa shape index (κ3) is 5.10. The van der Waals surface area contributed by atoms with Gasteiger partial charge in [0, 0.05) is 12.0 Å². The standard InChI is InChI=1S/C23H30F3NO3/c24-23(25,26)21(28)14-17-6-4-16(5-7-17)8-11-27-12-9-18(10-13-27)19-2-1-3-20-22(19)30-15-29-20/h1-3,16-18H,4-15H2. The van der Waals surface area contributed by atoms with Crippen molar-refractivity contribution in [3.8, 4) is 11.5 Å². The lowest BCUT2D eigenvalue weighted by atomic mass is 9.78. The monoisotopic (exact) mass is 425 g/mol. The predicted octanol–water partition coefficient (Wildman–Crippen LogP) is 5.31. The summed E-state index contributed by atoms with van der Waals surface area (Å²) in [6.07, 6.45) is 1.68. The van der Waals surface area contributed by atoms with E-state index in [0.717, 1.165) is 76.1 Å². The van der Waals surface area contributed by atoms with Crippen LogP contribution in [0.5, 0.6) is 11.5 Å². The molecule has 166 valence electrons. The Hall–Kier alpha value is -1.76. The van der Waals surface area contributed by atoms with Gasteiger partial charge in [-0.1, -0.05) is 25.0 Å². The number of alkyl halides is 3. The van der Waals surface area contributed by atoms with Crippen LogP contribution in [0, 0.1) is 11.8 Å². The SMILES string of the molecule is O=C(CC1CCC(CCN2CCC(c3cccc4c3OCO4)CC2)CC1)C(F)(F)F. The molecule has 3 aliphatic rings. The van der Waals surface area contributed by atoms with E-state index in [4.69, 9.17) is 9.47 Å². The molecule has 1 aromatic rings. The quantitative estimate of drug-likeness (QED) is 0.619. The number of halogens is 3. The predicted molar refractivity (Wildman–Crippen MR) is 107 cm³/mol. The molecule has 1 aliphatic carbocycles. The van der Waals surface area contributed by atoms with Gasteiger partial charge in [0.15, 0.2) is 11.5 Å². The highest BCUT2D eigenvalue weighted by molar-refractivity contribution is 5.84. The van der Waals surface area contributed by atoms with E-state index in [2.05, 4.69) is 11.0 Å². The summed E-state index contributed by atoms with van der Waals surface area (Å²) in [6, 6.07) is 6.14. The van der Waals surface area contributed by atoms with Crippen molar-refractivity contribution in [3.05, 3.63) is 23.8 Å². The van der Waals surface area contributed by atoms with Gasteiger partial charge in [-0.3, -0.25) is 4.79 Å². The number of carbonyl (C=O) groups is 1. The van der Waals surface area contributed by atoms with Crippen LogP contribution in [0.4, 0.5) is 13.2 Å². The Balaban J connectivity index is 1.17. The molecule has 1 aromatic carbocycles. The van der Waals surface area contributed by atoms with E-state index in [1.807, 2.05) is 12.1 Å². The largest absolute Gasteiger partial charge is 0.454 e. The van der Waals surface area contributed by atoms with Crippen LogP contribution >= 0.6 is 0 Å². The van der Waals surface area contributed by atoms with Gasteiger partial charge in [0.05, 0.1) is 0 Å². The van der Waals surface area contributed by atoms with Gasteiger partial charge < -0.3 is 14.4 Å². The molecule has 0 spiro atoms. The van der Waals surface area contributed by atoms with Crippen molar-refractivity contribution in [3.63, 3.8) is 0 Å². The summed E-state index contributed by atoms with van der Waals surface area (Å²) in [5.41, 5.74) is 1.26. The first kappa shape index (κ1) is 21.5. The van der Waals surface area contributed by atoms with Crippen LogP contribution in [0.3, 0.4) is 0 Å². The number of piperidine rings is 1. The summed E-state index contributed by atoms with van der Waals surface area (Å²) in [6.45, 7) is 3.48. The molecule has 1 saturated carbocycles. The molecule has 0 radical (unpaired) electrons. The smallest absolute Gasteiger partial charge is 0.449 e. The Morgan fingerprint density at radius 2 is 1.70 bits per heavy atom. The Morgan fingerprint density at radius 1 is 1.00 bits per heavy atom. The van der Waals surface area contributed by atoms with Crippen LogP contribution in [0.15, 0.2) is 18.2 Å². The first-order valence-electron chi connectivity index (χ1n) is 11.1. The molecule has 30 heavy (non-hydrogen) atoms. The normalized spacial score (nSPS) is 25.4. The lowest BCUT2D eigenvalue weighted by molar-refractivity contribution is -0.172. The Labute approximate surface area is 175 Å². The molecule has 0 N–H and O–H groups in total. The van der Waals surface area contributed by atoms with Crippen molar-refractivity contribution in [2.75, 3.05) is 26.4 Å². The van der Waals surface area contributed by atoms with Crippen LogP contribution < -0.4 is 9.47 Å². The number of carbonyl (C=O) groups excluding carboxylic acids is 1. The number of fused-ring (bicyclic) bond motifs is 1. The second-order valence-electron chi connectivity index (χ2n) is 9.00. The Morgan fingerprint density at radius 3 is 2.40 bits per heavy atom. The highest BCUT2D eigenvalue weighted by Gasteiger charge is 2.39. The number of ketones is 1. The lowest BCUT2D eigenvalue weighted by Crippen LogP contribution is -2.35. The van der Waals surface area contributed by atoms with Gasteiger partial charge in [0.2, 0.25) is 12.6 Å². The van der Waals surface area contributed by atoms with E-state index in [0.29, 0.717) is 18.6 Å². The number of ether oxygens (including phenoxy) is 2. The minimum absolute atomic E-state index is 0.0927. The summed E-state index contributed by atoms with van der Waals surface area (Å²) >= 11 is 0. The van der Waals surface area contributed by atoms with Crippen molar-refractivity contribution in [1.82, 2.24) is 4.90 Å². The minimum atomic E-state index is -4.68. The molecule has 1 saturated heterocycles. The van der Waals surface area contributed by atoms with Gasteiger partial charge in [-0.25, -0.2) is 0 Å². The highest BCUT2D eigenvalue weighted by Crippen LogP contribution is 2.42. The van der Waals surface area contributed by atoms with Gasteiger partial charge in [0.1, 0.15) is 0 Å². The number of para-hydroxylation sites is 1. The van der Waals surface area contributed by atoms with E-state index in [1.165, 1.54) is 5.56 Å². The zero-order chi connectivity index (χ0) is 21.1. The number of hydrogen-bond acceptors (Lipinski definition) is 4. The lowest BCUT2D eigenvalue weighted by Gasteiger charge is -2.34. The molecule has 0 amide bonds. The fourth-order valence-corrected chi connectivity index (χ4v) is 5.21. The summed E-state index contributed by atoms with van der Waals surface area (Å²) in [4.78, 5) is 13.7. The van der Waals surface area contributed by atoms with Crippen LogP contribution in [-0.2, 0) is 4.79 Å². The van der Waals surface area contributed by atoms with Crippen molar-refractivity contribution < 1.29 is 27.4 Å². The average Bonchev–Trinajstić information content (AvgIpc) is 3.22. The molecule has 7 heteroatoms. The fraction of sp³-hybridized carbons (Fsp3) is 0.696. The summed E-state index contributed by atoms with van der Waals surface area (Å²) in [5, 5.41) is 0. The first-order valence-corrected chi connectivity index (χ1v) is 11.1. The number of Topliss-reactive ketones (excluding diaryl/α,β-unsaturated/α-hetero) is 1. The maximum atomic E-state index is 12.4. The van der Waals surface area contributed by atoms with Gasteiger partial charge in [-0.15, -0.1) is 0 Å². The van der Waals surface area contributed by atoms with E-state index in [1.54, 1.807) is 0 Å². The zero-order valence-electron chi connectivity index (χ0n) is 17.3. The summed E-state index contributed by atoms with van der Waals surface area (Å²) in [5.74, 6) is 1.18. The summed E-state index contributed by atoms with van der Waals surface area (Å²) in [7, 11) is 0. The molecule has 0 atom stereocenters. The van der Waals surface area contributed by atoms with Gasteiger partial charge in [-0.05, 0) is 75.6 Å². The van der Waals surface area contributed by atoms with E-state index >= 15 is 0 Å². The van der Waals surface area contributed by atoms with Crippen molar-refractivity contribution in [2.45, 2.75) is 63.5 Å². The molecule has 0 aromatic heterocycles. The number of rotatable bonds is 6. The Bertz CT molecular complexity index is 736. The molecule has 0 unspecified atom stereocenters. The second-order valence-corrected chi connectivity index (χ2v) is 9.00. The van der Waals surface area contributed by atoms with E-state index in [9.17, 15) is 18.0 Å². The van der Waals surface area contributed by atoms with Gasteiger partial charge >= 0.3 is 6.18 Å². The molecule has 2 fully saturated rings. The van der Waals surface area contributed by atoms with Crippen molar-refractivity contribution in [1.29, 1.82) is 0 Å². The maximum Gasteiger partial charge on any atom is 0.449 e. The van der Waals surface area contributed by atoms with Crippen LogP contribution in [0.2, 0.25) is 0 Å². The third-order valence-corrected chi connectivity index (χ3v) is 7.06. The number of hydrogen-bond donors (Lipinski definition) is 0. The fourth-order valence-electron chi connectivity index (χ4n) is 5.21. The molecule has 4 nitrogen and oxygen atoms in total. The van der Waals surface area contributed by atoms with Gasteiger partial charge in [-0.2, -0.15) is 13.2 Å². The second kappa shape index (κ2) is 9.16. The third-order valence-electron chi connectivity index (χ3n) is 7.06. The van der Waals surface area contributed by atoms with E-state index < -0.39 is 12.0 Å². The van der Waals surface area contributed by atoms with Crippen LogP contribution in [-0.4, -0.2) is 43.3 Å². The number of nitrogens with zero attached hydrogens (tertiary/aromatic N) is 1. The molecule has 2 heterocycles. The minimum Gasteiger partial charge on any atom is -0.454 e. The zero-order valence-corrected chi connectivity index (χ0v) is 17.3. The average molecular weight is 425 g/mol. The topological polar surface area (TPSA) is 38.8 Å². The first-order chi connectivity index (χ1) is 14.4. The highest BCUT2D eigenvalue weighted by atomic mass is 19.4. The van der Waals surface area contributed by atoms with Crippen LogP contribution in [0.1, 0.15) is 62.8 Å². The van der Waals surface area contributed by atoms with Crippen molar-refractivity contribution >= 4 is 5.78 Å². The number of likely N-dealkylation sites (tertiary alicyclic amines) is 1. The number of benzene rings is 1. The Kier molecular flexibility index (Phi) is 6.56. The molecule has 2 aliphatic heterocycles. The van der Waals surface area contributed by atoms with Crippen molar-refractivity contribution in [2.24, 2.45) is 11.8 Å².